The zero-order valence-corrected chi connectivity index (χ0v) is 13.5. The lowest BCUT2D eigenvalue weighted by Crippen LogP contribution is -2.04. The molecule has 1 N–H and O–H groups in total. The number of halogens is 1. The molecule has 2 rings (SSSR count). The molecule has 0 fully saturated rings. The second-order valence-electron chi connectivity index (χ2n) is 5.06. The molecule has 0 aromatic heterocycles. The van der Waals surface area contributed by atoms with Crippen molar-refractivity contribution in [1.29, 1.82) is 10.5 Å². The number of nitriles is 2. The van der Waals surface area contributed by atoms with Crippen LogP contribution in [0.4, 0.5) is 10.1 Å². The average Bonchev–Trinajstić information content (AvgIpc) is 2.55. The topological polar surface area (TPSA) is 59.6 Å². The summed E-state index contributed by atoms with van der Waals surface area (Å²) < 4.78 is 13.9. The van der Waals surface area contributed by atoms with Gasteiger partial charge in [-0.3, -0.25) is 0 Å². The lowest BCUT2D eigenvalue weighted by Gasteiger charge is -2.14. The molecular formula is C18H16FN3S. The van der Waals surface area contributed by atoms with Crippen molar-refractivity contribution in [3.8, 4) is 12.1 Å². The predicted molar refractivity (Wildman–Crippen MR) is 90.4 cm³/mol. The number of anilines is 1. The first-order chi connectivity index (χ1) is 11.1. The molecule has 1 atom stereocenters. The molecule has 0 saturated heterocycles. The molecule has 0 amide bonds. The van der Waals surface area contributed by atoms with Crippen molar-refractivity contribution in [3.63, 3.8) is 0 Å². The Hall–Kier alpha value is -2.50. The van der Waals surface area contributed by atoms with Crippen molar-refractivity contribution in [2.75, 3.05) is 5.32 Å². The third-order valence-corrected chi connectivity index (χ3v) is 4.42. The van der Waals surface area contributed by atoms with E-state index in [9.17, 15) is 4.39 Å². The third-order valence-electron chi connectivity index (χ3n) is 3.25. The van der Waals surface area contributed by atoms with Crippen LogP contribution in [-0.4, -0.2) is 5.25 Å². The van der Waals surface area contributed by atoms with E-state index in [-0.39, 0.29) is 11.1 Å². The number of nitrogens with one attached hydrogen (secondary N) is 1. The summed E-state index contributed by atoms with van der Waals surface area (Å²) in [5.41, 5.74) is 1.73. The summed E-state index contributed by atoms with van der Waals surface area (Å²) in [4.78, 5) is 1.03. The van der Waals surface area contributed by atoms with Crippen LogP contribution in [0.25, 0.3) is 0 Å². The molecule has 0 spiro atoms. The van der Waals surface area contributed by atoms with Gasteiger partial charge in [0.2, 0.25) is 0 Å². The normalized spacial score (nSPS) is 11.3. The monoisotopic (exact) mass is 325 g/mol. The minimum Gasteiger partial charge on any atom is -0.380 e. The van der Waals surface area contributed by atoms with E-state index < -0.39 is 0 Å². The molecule has 1 unspecified atom stereocenters. The minimum absolute atomic E-state index is 0.189. The fourth-order valence-corrected chi connectivity index (χ4v) is 3.07. The molecule has 5 heteroatoms. The second kappa shape index (κ2) is 8.22. The van der Waals surface area contributed by atoms with Crippen LogP contribution in [0.3, 0.4) is 0 Å². The van der Waals surface area contributed by atoms with Crippen molar-refractivity contribution < 1.29 is 4.39 Å². The minimum atomic E-state index is -0.389. The number of hydrogen-bond acceptors (Lipinski definition) is 4. The predicted octanol–water partition coefficient (Wildman–Crippen LogP) is 4.70. The Bertz CT molecular complexity index is 762. The van der Waals surface area contributed by atoms with Crippen LogP contribution in [0, 0.1) is 28.5 Å². The van der Waals surface area contributed by atoms with Gasteiger partial charge >= 0.3 is 0 Å². The Balaban J connectivity index is 2.09. The first-order valence-electron chi connectivity index (χ1n) is 7.19. The maximum absolute atomic E-state index is 13.9. The molecule has 3 nitrogen and oxygen atoms in total. The Morgan fingerprint density at radius 3 is 2.70 bits per heavy atom. The molecule has 0 heterocycles. The van der Waals surface area contributed by atoms with E-state index in [0.29, 0.717) is 24.1 Å². The van der Waals surface area contributed by atoms with Crippen LogP contribution in [0.1, 0.15) is 24.5 Å². The number of thioether (sulfide) groups is 1. The highest BCUT2D eigenvalue weighted by atomic mass is 32.2. The standard InChI is InChI=1S/C18H16FN3S/c1-13(8-9-20)23-18-5-3-2-4-17(18)22-12-15-7-6-14(11-21)10-16(15)19/h2-7,10,13,22H,8,12H2,1H3. The van der Waals surface area contributed by atoms with Gasteiger partial charge in [0.05, 0.1) is 17.7 Å². The van der Waals surface area contributed by atoms with Gasteiger partial charge in [-0.1, -0.05) is 25.1 Å². The molecule has 2 aromatic rings. The second-order valence-corrected chi connectivity index (χ2v) is 6.54. The summed E-state index contributed by atoms with van der Waals surface area (Å²) in [5, 5.41) is 21.0. The summed E-state index contributed by atoms with van der Waals surface area (Å²) in [6, 6.07) is 16.3. The number of rotatable bonds is 6. The maximum atomic E-state index is 13.9. The number of para-hydroxylation sites is 1. The van der Waals surface area contributed by atoms with Gasteiger partial charge in [0.25, 0.3) is 0 Å². The van der Waals surface area contributed by atoms with Crippen molar-refractivity contribution >= 4 is 17.4 Å². The van der Waals surface area contributed by atoms with Gasteiger partial charge in [0.15, 0.2) is 0 Å². The number of nitrogens with zero attached hydrogens (tertiary/aromatic N) is 2. The Labute approximate surface area is 139 Å². The quantitative estimate of drug-likeness (QED) is 0.782. The molecule has 23 heavy (non-hydrogen) atoms. The summed E-state index contributed by atoms with van der Waals surface area (Å²) in [5.74, 6) is -0.389. The van der Waals surface area contributed by atoms with Crippen LogP contribution in [-0.2, 0) is 6.54 Å². The van der Waals surface area contributed by atoms with Crippen LogP contribution < -0.4 is 5.32 Å². The highest BCUT2D eigenvalue weighted by Crippen LogP contribution is 2.31. The molecule has 0 aliphatic heterocycles. The van der Waals surface area contributed by atoms with Crippen molar-refractivity contribution in [2.45, 2.75) is 30.0 Å². The van der Waals surface area contributed by atoms with E-state index in [2.05, 4.69) is 11.4 Å². The van der Waals surface area contributed by atoms with Gasteiger partial charge in [0, 0.05) is 34.4 Å². The van der Waals surface area contributed by atoms with Crippen LogP contribution >= 0.6 is 11.8 Å². The first-order valence-corrected chi connectivity index (χ1v) is 8.07. The molecule has 0 bridgehead atoms. The van der Waals surface area contributed by atoms with Gasteiger partial charge < -0.3 is 5.32 Å². The van der Waals surface area contributed by atoms with Gasteiger partial charge in [-0.05, 0) is 24.3 Å². The van der Waals surface area contributed by atoms with Gasteiger partial charge in [0.1, 0.15) is 5.82 Å². The fraction of sp³-hybridized carbons (Fsp3) is 0.222. The van der Waals surface area contributed by atoms with E-state index in [0.717, 1.165) is 10.6 Å². The molecule has 0 radical (unpaired) electrons. The Kier molecular flexibility index (Phi) is 6.02. The van der Waals surface area contributed by atoms with Crippen molar-refractivity contribution in [2.24, 2.45) is 0 Å². The van der Waals surface area contributed by atoms with Gasteiger partial charge in [-0.15, -0.1) is 11.8 Å². The highest BCUT2D eigenvalue weighted by Gasteiger charge is 2.09. The highest BCUT2D eigenvalue weighted by molar-refractivity contribution is 8.00. The largest absolute Gasteiger partial charge is 0.380 e. The summed E-state index contributed by atoms with van der Waals surface area (Å²) in [7, 11) is 0. The van der Waals surface area contributed by atoms with Crippen molar-refractivity contribution in [3.05, 3.63) is 59.4 Å². The lowest BCUT2D eigenvalue weighted by molar-refractivity contribution is 0.612. The number of hydrogen-bond donors (Lipinski definition) is 1. The number of benzene rings is 2. The zero-order valence-electron chi connectivity index (χ0n) is 12.7. The molecule has 0 aliphatic rings. The van der Waals surface area contributed by atoms with E-state index in [4.69, 9.17) is 10.5 Å². The maximum Gasteiger partial charge on any atom is 0.129 e. The Morgan fingerprint density at radius 1 is 1.22 bits per heavy atom. The summed E-state index contributed by atoms with van der Waals surface area (Å²) in [6.45, 7) is 2.34. The molecule has 0 aliphatic carbocycles. The molecule has 0 saturated carbocycles. The van der Waals surface area contributed by atoms with Crippen LogP contribution in [0.5, 0.6) is 0 Å². The van der Waals surface area contributed by atoms with Gasteiger partial charge in [-0.25, -0.2) is 4.39 Å². The Morgan fingerprint density at radius 2 is 2.00 bits per heavy atom. The zero-order chi connectivity index (χ0) is 16.7. The van der Waals surface area contributed by atoms with E-state index in [1.165, 1.54) is 6.07 Å². The van der Waals surface area contributed by atoms with Crippen molar-refractivity contribution in [1.82, 2.24) is 0 Å². The van der Waals surface area contributed by atoms with Gasteiger partial charge in [-0.2, -0.15) is 10.5 Å². The van der Waals surface area contributed by atoms with E-state index in [1.807, 2.05) is 37.3 Å². The average molecular weight is 325 g/mol. The molecular weight excluding hydrogens is 309 g/mol. The fourth-order valence-electron chi connectivity index (χ4n) is 2.05. The SMILES string of the molecule is CC(CC#N)Sc1ccccc1NCc1ccc(C#N)cc1F. The first kappa shape index (κ1) is 16.9. The molecule has 116 valence electrons. The molecule has 2 aromatic carbocycles. The van der Waals surface area contributed by atoms with E-state index in [1.54, 1.807) is 23.9 Å². The third kappa shape index (κ3) is 4.74. The smallest absolute Gasteiger partial charge is 0.129 e. The van der Waals surface area contributed by atoms with E-state index >= 15 is 0 Å². The van der Waals surface area contributed by atoms with Crippen LogP contribution in [0.2, 0.25) is 0 Å². The van der Waals surface area contributed by atoms with Crippen LogP contribution in [0.15, 0.2) is 47.4 Å². The lowest BCUT2D eigenvalue weighted by atomic mass is 10.1. The summed E-state index contributed by atoms with van der Waals surface area (Å²) >= 11 is 1.62. The summed E-state index contributed by atoms with van der Waals surface area (Å²) in [6.07, 6.45) is 0.475.